The first-order chi connectivity index (χ1) is 12.4. The number of carboxylic acids is 1. The summed E-state index contributed by atoms with van der Waals surface area (Å²) in [5.74, 6) is 0.209. The number of likely N-dealkylation sites (tertiary alicyclic amines) is 1. The molecule has 2 aromatic rings. The van der Waals surface area contributed by atoms with Crippen LogP contribution >= 0.6 is 0 Å². The quantitative estimate of drug-likeness (QED) is 0.844. The van der Waals surface area contributed by atoms with Gasteiger partial charge in [0.2, 0.25) is 0 Å². The molecule has 0 unspecified atom stereocenters. The lowest BCUT2D eigenvalue weighted by atomic mass is 10.0. The molecule has 4 heteroatoms. The molecule has 26 heavy (non-hydrogen) atoms. The molecule has 138 valence electrons. The first-order valence-corrected chi connectivity index (χ1v) is 9.19. The fourth-order valence-electron chi connectivity index (χ4n) is 3.85. The van der Waals surface area contributed by atoms with Gasteiger partial charge in [0.15, 0.2) is 0 Å². The second-order valence-electron chi connectivity index (χ2n) is 7.30. The molecule has 0 radical (unpaired) electrons. The Morgan fingerprint density at radius 1 is 1.15 bits per heavy atom. The highest BCUT2D eigenvalue weighted by Crippen LogP contribution is 2.28. The van der Waals surface area contributed by atoms with Gasteiger partial charge < -0.3 is 9.84 Å². The van der Waals surface area contributed by atoms with Crippen molar-refractivity contribution in [1.82, 2.24) is 4.90 Å². The monoisotopic (exact) mass is 353 g/mol. The number of benzene rings is 2. The third-order valence-electron chi connectivity index (χ3n) is 5.02. The van der Waals surface area contributed by atoms with E-state index in [4.69, 9.17) is 4.74 Å². The van der Waals surface area contributed by atoms with Crippen LogP contribution in [0.1, 0.15) is 40.7 Å². The van der Waals surface area contributed by atoms with Gasteiger partial charge in [-0.1, -0.05) is 42.0 Å². The molecule has 1 aliphatic heterocycles. The van der Waals surface area contributed by atoms with E-state index in [9.17, 15) is 9.90 Å². The van der Waals surface area contributed by atoms with Crippen LogP contribution in [0.25, 0.3) is 0 Å². The Kier molecular flexibility index (Phi) is 5.62. The van der Waals surface area contributed by atoms with E-state index in [-0.39, 0.29) is 6.04 Å². The summed E-state index contributed by atoms with van der Waals surface area (Å²) in [6.45, 7) is 8.27. The molecule has 0 saturated carbocycles. The van der Waals surface area contributed by atoms with Crippen LogP contribution in [0.15, 0.2) is 36.4 Å². The van der Waals surface area contributed by atoms with Gasteiger partial charge in [-0.2, -0.15) is 0 Å². The first-order valence-electron chi connectivity index (χ1n) is 9.19. The standard InChI is InChI=1S/C22H27NO3/c1-15-6-4-7-18(10-15)14-26-21-16(2)11-19(12-17(21)3)13-23-9-5-8-20(23)22(24)25/h4,6-7,10-12,20H,5,8-9,13-14H2,1-3H3,(H,24,25)/t20-/m1/s1. The molecule has 4 nitrogen and oxygen atoms in total. The molecule has 3 rings (SSSR count). The van der Waals surface area contributed by atoms with Crippen LogP contribution in [-0.4, -0.2) is 28.6 Å². The summed E-state index contributed by atoms with van der Waals surface area (Å²) in [5.41, 5.74) is 5.73. The van der Waals surface area contributed by atoms with Crippen molar-refractivity contribution in [3.05, 3.63) is 64.2 Å². The van der Waals surface area contributed by atoms with Gasteiger partial charge in [-0.3, -0.25) is 9.69 Å². The molecule has 0 bridgehead atoms. The van der Waals surface area contributed by atoms with Crippen LogP contribution in [-0.2, 0) is 17.9 Å². The predicted molar refractivity (Wildman–Crippen MR) is 102 cm³/mol. The molecular formula is C22H27NO3. The van der Waals surface area contributed by atoms with Gasteiger partial charge in [0.25, 0.3) is 0 Å². The van der Waals surface area contributed by atoms with Crippen molar-refractivity contribution in [3.63, 3.8) is 0 Å². The maximum absolute atomic E-state index is 11.4. The second-order valence-corrected chi connectivity index (χ2v) is 7.30. The van der Waals surface area contributed by atoms with Crippen LogP contribution in [0.5, 0.6) is 5.75 Å². The van der Waals surface area contributed by atoms with E-state index >= 15 is 0 Å². The molecule has 1 atom stereocenters. The van der Waals surface area contributed by atoms with Crippen LogP contribution in [0.3, 0.4) is 0 Å². The van der Waals surface area contributed by atoms with Crippen molar-refractivity contribution in [3.8, 4) is 5.75 Å². The van der Waals surface area contributed by atoms with Crippen molar-refractivity contribution < 1.29 is 14.6 Å². The maximum Gasteiger partial charge on any atom is 0.320 e. The molecular weight excluding hydrogens is 326 g/mol. The van der Waals surface area contributed by atoms with Crippen LogP contribution in [0.4, 0.5) is 0 Å². The van der Waals surface area contributed by atoms with Crippen molar-refractivity contribution >= 4 is 5.97 Å². The molecule has 1 aliphatic rings. The third kappa shape index (κ3) is 4.25. The topological polar surface area (TPSA) is 49.8 Å². The zero-order valence-electron chi connectivity index (χ0n) is 15.8. The highest BCUT2D eigenvalue weighted by molar-refractivity contribution is 5.73. The van der Waals surface area contributed by atoms with Crippen LogP contribution in [0, 0.1) is 20.8 Å². The largest absolute Gasteiger partial charge is 0.488 e. The average molecular weight is 353 g/mol. The van der Waals surface area contributed by atoms with Crippen molar-refractivity contribution in [1.29, 1.82) is 0 Å². The van der Waals surface area contributed by atoms with E-state index in [1.807, 2.05) is 6.07 Å². The highest BCUT2D eigenvalue weighted by atomic mass is 16.5. The molecule has 1 N–H and O–H groups in total. The highest BCUT2D eigenvalue weighted by Gasteiger charge is 2.30. The van der Waals surface area contributed by atoms with Crippen LogP contribution in [0.2, 0.25) is 0 Å². The second kappa shape index (κ2) is 7.92. The van der Waals surface area contributed by atoms with E-state index in [0.717, 1.165) is 47.4 Å². The van der Waals surface area contributed by atoms with Gasteiger partial charge in [0, 0.05) is 6.54 Å². The lowest BCUT2D eigenvalue weighted by Crippen LogP contribution is -2.35. The molecule has 1 fully saturated rings. The Labute approximate surface area is 155 Å². The SMILES string of the molecule is Cc1cccc(COc2c(C)cc(CN3CCC[C@@H]3C(=O)O)cc2C)c1. The summed E-state index contributed by atoms with van der Waals surface area (Å²) >= 11 is 0. The van der Waals surface area contributed by atoms with E-state index in [1.165, 1.54) is 5.56 Å². The number of carbonyl (C=O) groups is 1. The lowest BCUT2D eigenvalue weighted by molar-refractivity contribution is -0.142. The molecule has 0 aromatic heterocycles. The Hall–Kier alpha value is -2.33. The number of aryl methyl sites for hydroxylation is 3. The van der Waals surface area contributed by atoms with Gasteiger partial charge in [0.1, 0.15) is 18.4 Å². The Bertz CT molecular complexity index is 777. The maximum atomic E-state index is 11.4. The first kappa shape index (κ1) is 18.5. The minimum absolute atomic E-state index is 0.354. The number of ether oxygens (including phenoxy) is 1. The zero-order valence-corrected chi connectivity index (χ0v) is 15.8. The van der Waals surface area contributed by atoms with Crippen LogP contribution < -0.4 is 4.74 Å². The van der Waals surface area contributed by atoms with Gasteiger partial charge in [-0.05, 0) is 62.4 Å². The number of rotatable bonds is 6. The summed E-state index contributed by atoms with van der Waals surface area (Å²) in [6, 6.07) is 12.2. The fourth-order valence-corrected chi connectivity index (χ4v) is 3.85. The summed E-state index contributed by atoms with van der Waals surface area (Å²) < 4.78 is 6.09. The van der Waals surface area contributed by atoms with Gasteiger partial charge in [-0.15, -0.1) is 0 Å². The Morgan fingerprint density at radius 3 is 2.54 bits per heavy atom. The summed E-state index contributed by atoms with van der Waals surface area (Å²) in [6.07, 6.45) is 1.69. The van der Waals surface area contributed by atoms with E-state index < -0.39 is 5.97 Å². The van der Waals surface area contributed by atoms with Gasteiger partial charge in [0.05, 0.1) is 0 Å². The number of nitrogens with zero attached hydrogens (tertiary/aromatic N) is 1. The number of carboxylic acid groups (broad SMARTS) is 1. The number of aliphatic carboxylic acids is 1. The Morgan fingerprint density at radius 2 is 1.88 bits per heavy atom. The molecule has 1 saturated heterocycles. The molecule has 0 aliphatic carbocycles. The average Bonchev–Trinajstić information content (AvgIpc) is 3.02. The number of hydrogen-bond acceptors (Lipinski definition) is 3. The molecule has 0 amide bonds. The van der Waals surface area contributed by atoms with Crippen molar-refractivity contribution in [2.24, 2.45) is 0 Å². The van der Waals surface area contributed by atoms with Gasteiger partial charge >= 0.3 is 5.97 Å². The predicted octanol–water partition coefficient (Wildman–Crippen LogP) is 4.24. The summed E-state index contributed by atoms with van der Waals surface area (Å²) in [5, 5.41) is 9.35. The van der Waals surface area contributed by atoms with Crippen molar-refractivity contribution in [2.75, 3.05) is 6.54 Å². The fraction of sp³-hybridized carbons (Fsp3) is 0.409. The smallest absolute Gasteiger partial charge is 0.320 e. The lowest BCUT2D eigenvalue weighted by Gasteiger charge is -2.22. The summed E-state index contributed by atoms with van der Waals surface area (Å²) in [7, 11) is 0. The van der Waals surface area contributed by atoms with Gasteiger partial charge in [-0.25, -0.2) is 0 Å². The minimum Gasteiger partial charge on any atom is -0.488 e. The molecule has 2 aromatic carbocycles. The molecule has 1 heterocycles. The third-order valence-corrected chi connectivity index (χ3v) is 5.02. The molecule has 0 spiro atoms. The normalized spacial score (nSPS) is 17.4. The van der Waals surface area contributed by atoms with E-state index in [1.54, 1.807) is 0 Å². The number of hydrogen-bond donors (Lipinski definition) is 1. The summed E-state index contributed by atoms with van der Waals surface area (Å²) in [4.78, 5) is 13.4. The Balaban J connectivity index is 1.71. The minimum atomic E-state index is -0.714. The van der Waals surface area contributed by atoms with E-state index in [0.29, 0.717) is 13.2 Å². The zero-order chi connectivity index (χ0) is 18.7. The van der Waals surface area contributed by atoms with E-state index in [2.05, 4.69) is 56.0 Å². The van der Waals surface area contributed by atoms with Crippen molar-refractivity contribution in [2.45, 2.75) is 52.8 Å².